The third-order valence-electron chi connectivity index (χ3n) is 3.45. The van der Waals surface area contributed by atoms with Crippen LogP contribution in [0.1, 0.15) is 33.3 Å². The molecule has 1 aromatic carbocycles. The van der Waals surface area contributed by atoms with Crippen LogP contribution in [-0.4, -0.2) is 13.2 Å². The predicted molar refractivity (Wildman–Crippen MR) is 76.8 cm³/mol. The van der Waals surface area contributed by atoms with Gasteiger partial charge in [0.2, 0.25) is 5.79 Å². The summed E-state index contributed by atoms with van der Waals surface area (Å²) >= 11 is 11.9. The minimum atomic E-state index is -1.47. The lowest BCUT2D eigenvalue weighted by Gasteiger charge is -2.44. The number of ether oxygens (including phenoxy) is 2. The summed E-state index contributed by atoms with van der Waals surface area (Å²) in [5.41, 5.74) is 0.912. The first-order valence-corrected chi connectivity index (χ1v) is 9.39. The average Bonchev–Trinajstić information content (AvgIpc) is 2.26. The summed E-state index contributed by atoms with van der Waals surface area (Å²) in [4.78, 5) is 0. The molecule has 0 N–H and O–H groups in total. The van der Waals surface area contributed by atoms with Gasteiger partial charge < -0.3 is 9.47 Å². The van der Waals surface area contributed by atoms with E-state index in [1.54, 1.807) is 0 Å². The van der Waals surface area contributed by atoms with Gasteiger partial charge in [-0.25, -0.2) is 0 Å². The Balaban J connectivity index is 2.32. The minimum absolute atomic E-state index is 0.0999. The monoisotopic (exact) mass is 303 g/mol. The van der Waals surface area contributed by atoms with Gasteiger partial charge in [-0.2, -0.15) is 0 Å². The van der Waals surface area contributed by atoms with Crippen LogP contribution in [-0.2, 0) is 11.3 Å². The molecule has 5 heteroatoms. The van der Waals surface area contributed by atoms with E-state index in [-0.39, 0.29) is 5.41 Å². The largest absolute Gasteiger partial charge is 0.462 e. The summed E-state index contributed by atoms with van der Waals surface area (Å²) < 4.78 is 11.9. The van der Waals surface area contributed by atoms with Gasteiger partial charge in [-0.1, -0.05) is 32.9 Å². The first-order valence-electron chi connectivity index (χ1n) is 5.87. The molecule has 0 saturated carbocycles. The Hall–Kier alpha value is -0.223. The summed E-state index contributed by atoms with van der Waals surface area (Å²) in [5, 5.41) is 0.966. The summed E-state index contributed by atoms with van der Waals surface area (Å²) in [5.74, 6) is 0.246. The van der Waals surface area contributed by atoms with Crippen LogP contribution < -0.4 is 9.92 Å². The fraction of sp³-hybridized carbons (Fsp3) is 0.538. The zero-order valence-electron chi connectivity index (χ0n) is 11.0. The molecule has 1 unspecified atom stereocenters. The van der Waals surface area contributed by atoms with Crippen molar-refractivity contribution >= 4 is 34.8 Å². The summed E-state index contributed by atoms with van der Waals surface area (Å²) in [7, 11) is -1.47. The van der Waals surface area contributed by atoms with Gasteiger partial charge in [-0.15, -0.1) is 22.2 Å². The van der Waals surface area contributed by atoms with Crippen molar-refractivity contribution in [2.45, 2.75) is 40.1 Å². The van der Waals surface area contributed by atoms with Crippen LogP contribution in [0.4, 0.5) is 0 Å². The zero-order chi connectivity index (χ0) is 13.6. The van der Waals surface area contributed by atoms with Crippen LogP contribution in [0.25, 0.3) is 0 Å². The highest BCUT2D eigenvalue weighted by molar-refractivity contribution is 7.39. The van der Waals surface area contributed by atoms with Gasteiger partial charge in [-0.05, 0) is 11.3 Å². The number of hydrogen-bond donors (Lipinski definition) is 0. The molecule has 2 rings (SSSR count). The molecule has 0 saturated heterocycles. The molecule has 1 radical (unpaired) electrons. The molecule has 0 aliphatic carbocycles. The van der Waals surface area contributed by atoms with Crippen LogP contribution in [0, 0.1) is 5.41 Å². The highest BCUT2D eigenvalue weighted by atomic mass is 35.7. The van der Waals surface area contributed by atoms with Gasteiger partial charge in [0.25, 0.3) is 0 Å². The Morgan fingerprint density at radius 2 is 1.94 bits per heavy atom. The number of benzene rings is 1. The van der Waals surface area contributed by atoms with Crippen molar-refractivity contribution in [3.05, 3.63) is 23.8 Å². The zero-order valence-corrected chi connectivity index (χ0v) is 13.5. The second-order valence-electron chi connectivity index (χ2n) is 5.67. The van der Waals surface area contributed by atoms with Gasteiger partial charge in [-0.3, -0.25) is 0 Å². The van der Waals surface area contributed by atoms with Crippen molar-refractivity contribution in [1.29, 1.82) is 0 Å². The molecule has 1 atom stereocenters. The van der Waals surface area contributed by atoms with E-state index in [4.69, 9.17) is 31.6 Å². The maximum atomic E-state index is 6.02. The second-order valence-corrected chi connectivity index (χ2v) is 9.62. The minimum Gasteiger partial charge on any atom is -0.462 e. The molecule has 1 aliphatic rings. The molecule has 0 spiro atoms. The van der Waals surface area contributed by atoms with E-state index in [1.807, 2.05) is 25.1 Å². The van der Waals surface area contributed by atoms with Crippen molar-refractivity contribution in [2.24, 2.45) is 5.41 Å². The average molecular weight is 304 g/mol. The fourth-order valence-electron chi connectivity index (χ4n) is 1.73. The SMILES string of the molecule is CC(C)(C)C1(C)OCc2cc([Si](Cl)Cl)ccc2O1. The summed E-state index contributed by atoms with van der Waals surface area (Å²) in [6.45, 7) is 8.81. The van der Waals surface area contributed by atoms with E-state index in [9.17, 15) is 0 Å². The lowest BCUT2D eigenvalue weighted by atomic mass is 9.86. The topological polar surface area (TPSA) is 18.5 Å². The van der Waals surface area contributed by atoms with Crippen molar-refractivity contribution in [2.75, 3.05) is 0 Å². The Morgan fingerprint density at radius 1 is 1.28 bits per heavy atom. The van der Waals surface area contributed by atoms with Gasteiger partial charge in [0.05, 0.1) is 6.61 Å². The van der Waals surface area contributed by atoms with E-state index in [0.717, 1.165) is 16.5 Å². The van der Waals surface area contributed by atoms with E-state index in [2.05, 4.69) is 20.8 Å². The predicted octanol–water partition coefficient (Wildman–Crippen LogP) is 3.53. The van der Waals surface area contributed by atoms with E-state index >= 15 is 0 Å². The molecule has 0 bridgehead atoms. The molecule has 99 valence electrons. The molecule has 2 nitrogen and oxygen atoms in total. The number of halogens is 2. The van der Waals surface area contributed by atoms with Gasteiger partial charge in [0, 0.05) is 17.9 Å². The van der Waals surface area contributed by atoms with Crippen LogP contribution in [0.15, 0.2) is 18.2 Å². The second kappa shape index (κ2) is 4.71. The van der Waals surface area contributed by atoms with Gasteiger partial charge >= 0.3 is 7.42 Å². The third kappa shape index (κ3) is 2.55. The molecule has 18 heavy (non-hydrogen) atoms. The Morgan fingerprint density at radius 3 is 2.50 bits per heavy atom. The molecule has 0 fully saturated rings. The quantitative estimate of drug-likeness (QED) is 0.584. The van der Waals surface area contributed by atoms with Crippen LogP contribution in [0.3, 0.4) is 0 Å². The highest BCUT2D eigenvalue weighted by Crippen LogP contribution is 2.40. The maximum Gasteiger partial charge on any atom is 0.307 e. The molecule has 0 aromatic heterocycles. The Kier molecular flexibility index (Phi) is 3.71. The van der Waals surface area contributed by atoms with Crippen LogP contribution >= 0.6 is 22.2 Å². The Bertz CT molecular complexity index is 457. The first-order chi connectivity index (χ1) is 8.23. The number of rotatable bonds is 1. The van der Waals surface area contributed by atoms with Gasteiger partial charge in [0.1, 0.15) is 5.75 Å². The fourth-order valence-corrected chi connectivity index (χ4v) is 2.93. The van der Waals surface area contributed by atoms with Crippen molar-refractivity contribution in [1.82, 2.24) is 0 Å². The molecule has 0 amide bonds. The first kappa shape index (κ1) is 14.2. The van der Waals surface area contributed by atoms with E-state index in [0.29, 0.717) is 6.61 Å². The number of fused-ring (bicyclic) bond motifs is 1. The van der Waals surface area contributed by atoms with Crippen LogP contribution in [0.5, 0.6) is 5.75 Å². The van der Waals surface area contributed by atoms with Crippen molar-refractivity contribution < 1.29 is 9.47 Å². The molecule has 1 heterocycles. The van der Waals surface area contributed by atoms with E-state index in [1.165, 1.54) is 0 Å². The standard InChI is InChI=1S/C13H17Cl2O2Si/c1-12(2,3)13(4)16-8-9-7-10(18(14)15)5-6-11(9)17-13/h5-7H,8H2,1-4H3. The molecule has 1 aliphatic heterocycles. The van der Waals surface area contributed by atoms with Crippen molar-refractivity contribution in [3.63, 3.8) is 0 Å². The summed E-state index contributed by atoms with van der Waals surface area (Å²) in [6.07, 6.45) is 0. The van der Waals surface area contributed by atoms with E-state index < -0.39 is 13.2 Å². The third-order valence-corrected chi connectivity index (χ3v) is 5.51. The highest BCUT2D eigenvalue weighted by Gasteiger charge is 2.43. The lowest BCUT2D eigenvalue weighted by molar-refractivity contribution is -0.249. The molecule has 1 aromatic rings. The smallest absolute Gasteiger partial charge is 0.307 e. The Labute approximate surface area is 119 Å². The lowest BCUT2D eigenvalue weighted by Crippen LogP contribution is -2.49. The van der Waals surface area contributed by atoms with Crippen molar-refractivity contribution in [3.8, 4) is 5.75 Å². The van der Waals surface area contributed by atoms with Gasteiger partial charge in [0.15, 0.2) is 0 Å². The number of hydrogen-bond acceptors (Lipinski definition) is 2. The molecular formula is C13H17Cl2O2Si. The molecular weight excluding hydrogens is 287 g/mol. The normalized spacial score (nSPS) is 23.7. The summed E-state index contributed by atoms with van der Waals surface area (Å²) in [6, 6.07) is 5.85. The maximum absolute atomic E-state index is 6.02. The van der Waals surface area contributed by atoms with Crippen LogP contribution in [0.2, 0.25) is 0 Å².